The van der Waals surface area contributed by atoms with Crippen LogP contribution in [-0.4, -0.2) is 31.3 Å². The van der Waals surface area contributed by atoms with E-state index in [1.807, 2.05) is 0 Å². The van der Waals surface area contributed by atoms with Crippen LogP contribution in [0.3, 0.4) is 0 Å². The smallest absolute Gasteiger partial charge is 0.292 e. The summed E-state index contributed by atoms with van der Waals surface area (Å²) in [5.74, 6) is 0.596. The molecule has 2 unspecified atom stereocenters. The first-order valence-electron chi connectivity index (χ1n) is 6.52. The molecule has 1 saturated carbocycles. The maximum atomic E-state index is 11.1. The molecule has 1 aromatic rings. The van der Waals surface area contributed by atoms with Gasteiger partial charge in [0.05, 0.1) is 18.1 Å². The summed E-state index contributed by atoms with van der Waals surface area (Å²) in [5, 5.41) is 14.3. The summed E-state index contributed by atoms with van der Waals surface area (Å²) in [5.41, 5.74) is 0.482. The van der Waals surface area contributed by atoms with Crippen molar-refractivity contribution in [1.82, 2.24) is 0 Å². The molecule has 6 nitrogen and oxygen atoms in total. The Morgan fingerprint density at radius 2 is 2.10 bits per heavy atom. The third-order valence-corrected chi connectivity index (χ3v) is 4.19. The van der Waals surface area contributed by atoms with Gasteiger partial charge in [-0.3, -0.25) is 10.1 Å². The molecule has 2 atom stereocenters. The molecule has 110 valence electrons. The van der Waals surface area contributed by atoms with Gasteiger partial charge in [0, 0.05) is 30.7 Å². The molecule has 6 heteroatoms. The number of methoxy groups -OCH3 is 2. The highest BCUT2D eigenvalue weighted by Crippen LogP contribution is 2.45. The van der Waals surface area contributed by atoms with Gasteiger partial charge in [-0.1, -0.05) is 13.8 Å². The van der Waals surface area contributed by atoms with Gasteiger partial charge < -0.3 is 14.8 Å². The van der Waals surface area contributed by atoms with E-state index in [0.717, 1.165) is 6.42 Å². The van der Waals surface area contributed by atoms with Crippen molar-refractivity contribution in [3.05, 3.63) is 28.3 Å². The molecule has 0 heterocycles. The largest absolute Gasteiger partial charge is 0.497 e. The van der Waals surface area contributed by atoms with E-state index >= 15 is 0 Å². The van der Waals surface area contributed by atoms with E-state index in [4.69, 9.17) is 9.47 Å². The van der Waals surface area contributed by atoms with Crippen molar-refractivity contribution in [2.45, 2.75) is 32.4 Å². The number of rotatable bonds is 5. The molecule has 1 aromatic carbocycles. The lowest BCUT2D eigenvalue weighted by molar-refractivity contribution is -0.384. The van der Waals surface area contributed by atoms with Gasteiger partial charge in [-0.25, -0.2) is 0 Å². The average Bonchev–Trinajstić information content (AvgIpc) is 2.42. The molecular formula is C14H20N2O4. The highest BCUT2D eigenvalue weighted by molar-refractivity contribution is 5.65. The fourth-order valence-electron chi connectivity index (χ4n) is 2.64. The maximum Gasteiger partial charge on any atom is 0.292 e. The molecule has 1 N–H and O–H groups in total. The van der Waals surface area contributed by atoms with Crippen molar-refractivity contribution in [1.29, 1.82) is 0 Å². The molecule has 20 heavy (non-hydrogen) atoms. The quantitative estimate of drug-likeness (QED) is 0.663. The molecule has 0 aliphatic heterocycles. The van der Waals surface area contributed by atoms with E-state index < -0.39 is 0 Å². The summed E-state index contributed by atoms with van der Waals surface area (Å²) < 4.78 is 10.5. The number of ether oxygens (including phenoxy) is 2. The lowest BCUT2D eigenvalue weighted by Crippen LogP contribution is -2.57. The number of nitrogens with zero attached hydrogens (tertiary/aromatic N) is 1. The first-order valence-corrected chi connectivity index (χ1v) is 6.52. The van der Waals surface area contributed by atoms with E-state index in [9.17, 15) is 10.1 Å². The van der Waals surface area contributed by atoms with Crippen LogP contribution in [0.2, 0.25) is 0 Å². The van der Waals surface area contributed by atoms with E-state index in [1.54, 1.807) is 26.4 Å². The van der Waals surface area contributed by atoms with Crippen molar-refractivity contribution in [2.75, 3.05) is 19.5 Å². The van der Waals surface area contributed by atoms with Crippen molar-refractivity contribution in [3.63, 3.8) is 0 Å². The minimum absolute atomic E-state index is 0.0578. The summed E-state index contributed by atoms with van der Waals surface area (Å²) in [6.45, 7) is 4.18. The Morgan fingerprint density at radius 3 is 2.60 bits per heavy atom. The SMILES string of the molecule is COc1ccc([N+](=O)[O-])c(NC2CC(OC)C2(C)C)c1. The van der Waals surface area contributed by atoms with Crippen molar-refractivity contribution in [3.8, 4) is 5.75 Å². The molecular weight excluding hydrogens is 260 g/mol. The topological polar surface area (TPSA) is 73.6 Å². The lowest BCUT2D eigenvalue weighted by Gasteiger charge is -2.51. The summed E-state index contributed by atoms with van der Waals surface area (Å²) in [6.07, 6.45) is 1.00. The van der Waals surface area contributed by atoms with Crippen LogP contribution in [0, 0.1) is 15.5 Å². The molecule has 0 bridgehead atoms. The number of nitrogens with one attached hydrogen (secondary N) is 1. The Labute approximate surface area is 118 Å². The molecule has 0 saturated heterocycles. The van der Waals surface area contributed by atoms with Gasteiger partial charge in [-0.15, -0.1) is 0 Å². The predicted molar refractivity (Wildman–Crippen MR) is 76.3 cm³/mol. The number of benzene rings is 1. The van der Waals surface area contributed by atoms with E-state index in [-0.39, 0.29) is 28.2 Å². The van der Waals surface area contributed by atoms with Crippen molar-refractivity contribution < 1.29 is 14.4 Å². The molecule has 1 aliphatic carbocycles. The Morgan fingerprint density at radius 1 is 1.40 bits per heavy atom. The number of nitro groups is 1. The molecule has 1 aliphatic rings. The number of anilines is 1. The first-order chi connectivity index (χ1) is 9.40. The van der Waals surface area contributed by atoms with E-state index in [2.05, 4.69) is 19.2 Å². The molecule has 0 radical (unpaired) electrons. The minimum atomic E-state index is -0.388. The molecule has 0 amide bonds. The van der Waals surface area contributed by atoms with Gasteiger partial charge in [0.2, 0.25) is 0 Å². The Balaban J connectivity index is 2.23. The zero-order chi connectivity index (χ0) is 14.9. The van der Waals surface area contributed by atoms with Crippen LogP contribution < -0.4 is 10.1 Å². The van der Waals surface area contributed by atoms with Crippen LogP contribution >= 0.6 is 0 Å². The summed E-state index contributed by atoms with van der Waals surface area (Å²) in [6, 6.07) is 4.85. The second-order valence-electron chi connectivity index (χ2n) is 5.62. The van der Waals surface area contributed by atoms with Crippen LogP contribution in [-0.2, 0) is 4.74 Å². The Kier molecular flexibility index (Phi) is 3.85. The van der Waals surface area contributed by atoms with Gasteiger partial charge in [-0.05, 0) is 12.5 Å². The highest BCUT2D eigenvalue weighted by atomic mass is 16.6. The average molecular weight is 280 g/mol. The van der Waals surface area contributed by atoms with Crippen LogP contribution in [0.5, 0.6) is 5.75 Å². The number of nitro benzene ring substituents is 1. The first kappa shape index (κ1) is 14.6. The zero-order valence-electron chi connectivity index (χ0n) is 12.2. The summed E-state index contributed by atoms with van der Waals surface area (Å²) in [7, 11) is 3.23. The normalized spacial score (nSPS) is 23.8. The zero-order valence-corrected chi connectivity index (χ0v) is 12.2. The van der Waals surface area contributed by atoms with Gasteiger partial charge in [0.15, 0.2) is 0 Å². The van der Waals surface area contributed by atoms with Gasteiger partial charge in [-0.2, -0.15) is 0 Å². The van der Waals surface area contributed by atoms with Gasteiger partial charge in [0.1, 0.15) is 11.4 Å². The predicted octanol–water partition coefficient (Wildman–Crippen LogP) is 2.83. The summed E-state index contributed by atoms with van der Waals surface area (Å²) in [4.78, 5) is 10.7. The molecule has 0 aromatic heterocycles. The number of hydrogen-bond acceptors (Lipinski definition) is 5. The van der Waals surface area contributed by atoms with Gasteiger partial charge in [0.25, 0.3) is 5.69 Å². The van der Waals surface area contributed by atoms with Crippen LogP contribution in [0.15, 0.2) is 18.2 Å². The maximum absolute atomic E-state index is 11.1. The van der Waals surface area contributed by atoms with Crippen LogP contribution in [0.25, 0.3) is 0 Å². The second kappa shape index (κ2) is 5.28. The molecule has 1 fully saturated rings. The number of hydrogen-bond donors (Lipinski definition) is 1. The Bertz CT molecular complexity index is 516. The van der Waals surface area contributed by atoms with E-state index in [0.29, 0.717) is 11.4 Å². The highest BCUT2D eigenvalue weighted by Gasteiger charge is 2.49. The third kappa shape index (κ3) is 2.43. The lowest BCUT2D eigenvalue weighted by atomic mass is 9.64. The second-order valence-corrected chi connectivity index (χ2v) is 5.62. The fourth-order valence-corrected chi connectivity index (χ4v) is 2.64. The van der Waals surface area contributed by atoms with Crippen LogP contribution in [0.4, 0.5) is 11.4 Å². The van der Waals surface area contributed by atoms with Gasteiger partial charge >= 0.3 is 0 Å². The monoisotopic (exact) mass is 280 g/mol. The summed E-state index contributed by atoms with van der Waals surface area (Å²) >= 11 is 0. The molecule has 2 rings (SSSR count). The standard InChI is InChI=1S/C14H20N2O4/c1-14(2)12(8-13(14)20-4)15-10-7-9(19-3)5-6-11(10)16(17)18/h5-7,12-13,15H,8H2,1-4H3. The van der Waals surface area contributed by atoms with E-state index in [1.165, 1.54) is 6.07 Å². The van der Waals surface area contributed by atoms with Crippen molar-refractivity contribution in [2.24, 2.45) is 5.41 Å². The third-order valence-electron chi connectivity index (χ3n) is 4.19. The molecule has 0 spiro atoms. The fraction of sp³-hybridized carbons (Fsp3) is 0.571. The minimum Gasteiger partial charge on any atom is -0.497 e. The van der Waals surface area contributed by atoms with Crippen LogP contribution in [0.1, 0.15) is 20.3 Å². The Hall–Kier alpha value is -1.82. The van der Waals surface area contributed by atoms with Crippen molar-refractivity contribution >= 4 is 11.4 Å².